The number of halogens is 3. The number of aromatic carboxylic acids is 1. The average molecular weight is 589 g/mol. The van der Waals surface area contributed by atoms with Gasteiger partial charge in [-0.3, -0.25) is 0 Å². The molecule has 5 rings (SSSR count). The van der Waals surface area contributed by atoms with E-state index in [2.05, 4.69) is 9.97 Å². The molecule has 212 valence electrons. The van der Waals surface area contributed by atoms with Crippen LogP contribution >= 0.6 is 11.6 Å². The number of pyridine rings is 1. The van der Waals surface area contributed by atoms with Crippen molar-refractivity contribution in [3.05, 3.63) is 111 Å². The highest BCUT2D eigenvalue weighted by Gasteiger charge is 2.17. The molecule has 0 spiro atoms. The van der Waals surface area contributed by atoms with E-state index in [4.69, 9.17) is 26.3 Å². The molecule has 0 fully saturated rings. The number of methoxy groups -OCH3 is 1. The maximum Gasteiger partial charge on any atom is 0.335 e. The Morgan fingerprint density at radius 1 is 1.02 bits per heavy atom. The van der Waals surface area contributed by atoms with E-state index in [0.717, 1.165) is 6.07 Å². The highest BCUT2D eigenvalue weighted by molar-refractivity contribution is 6.31. The van der Waals surface area contributed by atoms with Gasteiger partial charge in [0.2, 0.25) is 5.88 Å². The van der Waals surface area contributed by atoms with Gasteiger partial charge in [-0.15, -0.1) is 0 Å². The molecule has 2 heterocycles. The highest BCUT2D eigenvalue weighted by atomic mass is 35.5. The molecule has 2 aromatic heterocycles. The third-order valence-electron chi connectivity index (χ3n) is 6.65. The molecule has 1 N–H and O–H groups in total. The second-order valence-electron chi connectivity index (χ2n) is 9.35. The molecule has 0 saturated carbocycles. The number of carbonyl (C=O) groups is 1. The summed E-state index contributed by atoms with van der Waals surface area (Å²) >= 11 is 6.25. The summed E-state index contributed by atoms with van der Waals surface area (Å²) in [5.41, 5.74) is 3.02. The Morgan fingerprint density at radius 3 is 2.52 bits per heavy atom. The molecule has 8 nitrogen and oxygen atoms in total. The zero-order valence-electron chi connectivity index (χ0n) is 22.3. The summed E-state index contributed by atoms with van der Waals surface area (Å²) in [5, 5.41) is 18.5. The van der Waals surface area contributed by atoms with E-state index in [1.54, 1.807) is 43.5 Å². The summed E-state index contributed by atoms with van der Waals surface area (Å²) < 4.78 is 42.4. The first kappa shape index (κ1) is 28.7. The molecule has 3 aromatic carbocycles. The molecular formula is C31H23ClF2N4O4. The lowest BCUT2D eigenvalue weighted by Crippen LogP contribution is -2.10. The fourth-order valence-electron chi connectivity index (χ4n) is 4.46. The monoisotopic (exact) mass is 588 g/mol. The molecule has 42 heavy (non-hydrogen) atoms. The number of hydrogen-bond donors (Lipinski definition) is 1. The predicted octanol–water partition coefficient (Wildman–Crippen LogP) is 6.42. The minimum absolute atomic E-state index is 0.0509. The van der Waals surface area contributed by atoms with Gasteiger partial charge in [-0.25, -0.2) is 23.5 Å². The second-order valence-corrected chi connectivity index (χ2v) is 9.76. The topological polar surface area (TPSA) is 110 Å². The zero-order valence-corrected chi connectivity index (χ0v) is 23.0. The SMILES string of the molecule is COCCn1c(Cc2ccc(-c3ccc(Cl)c(OCc4ccc(C#N)cc4F)n3)cc2F)nc2ccc(C(=O)O)cc21. The third kappa shape index (κ3) is 6.07. The van der Waals surface area contributed by atoms with Crippen molar-refractivity contribution in [3.8, 4) is 23.2 Å². The fraction of sp³-hybridized carbons (Fsp3) is 0.161. The van der Waals surface area contributed by atoms with Crippen LogP contribution in [0.5, 0.6) is 5.88 Å². The van der Waals surface area contributed by atoms with Gasteiger partial charge in [-0.1, -0.05) is 29.8 Å². The molecule has 11 heteroatoms. The molecular weight excluding hydrogens is 566 g/mol. The van der Waals surface area contributed by atoms with Crippen LogP contribution in [-0.2, 0) is 24.3 Å². The van der Waals surface area contributed by atoms with Gasteiger partial charge in [0.1, 0.15) is 29.1 Å². The van der Waals surface area contributed by atoms with Gasteiger partial charge >= 0.3 is 5.97 Å². The molecule has 0 amide bonds. The number of hydrogen-bond acceptors (Lipinski definition) is 6. The average Bonchev–Trinajstić information content (AvgIpc) is 3.33. The van der Waals surface area contributed by atoms with E-state index in [9.17, 15) is 14.3 Å². The minimum atomic E-state index is -1.05. The number of imidazole rings is 1. The van der Waals surface area contributed by atoms with Crippen molar-refractivity contribution in [2.24, 2.45) is 0 Å². The van der Waals surface area contributed by atoms with E-state index in [1.165, 1.54) is 24.3 Å². The summed E-state index contributed by atoms with van der Waals surface area (Å²) in [4.78, 5) is 20.5. The van der Waals surface area contributed by atoms with Crippen molar-refractivity contribution in [1.29, 1.82) is 5.26 Å². The largest absolute Gasteiger partial charge is 0.478 e. The molecule has 0 radical (unpaired) electrons. The Morgan fingerprint density at radius 2 is 1.81 bits per heavy atom. The maximum atomic E-state index is 15.4. The summed E-state index contributed by atoms with van der Waals surface area (Å²) in [6.07, 6.45) is 0.158. The lowest BCUT2D eigenvalue weighted by Gasteiger charge is -2.12. The van der Waals surface area contributed by atoms with Gasteiger partial charge in [0.25, 0.3) is 0 Å². The Balaban J connectivity index is 1.39. The van der Waals surface area contributed by atoms with Gasteiger partial charge in [0.05, 0.1) is 40.5 Å². The van der Waals surface area contributed by atoms with Crippen molar-refractivity contribution >= 4 is 28.6 Å². The van der Waals surface area contributed by atoms with Crippen LogP contribution in [0, 0.1) is 23.0 Å². The van der Waals surface area contributed by atoms with E-state index in [1.807, 2.05) is 10.6 Å². The van der Waals surface area contributed by atoms with Crippen LogP contribution in [0.25, 0.3) is 22.3 Å². The van der Waals surface area contributed by atoms with Crippen LogP contribution in [0.1, 0.15) is 32.9 Å². The molecule has 0 unspecified atom stereocenters. The number of aromatic nitrogens is 3. The van der Waals surface area contributed by atoms with Crippen LogP contribution in [0.2, 0.25) is 5.02 Å². The summed E-state index contributed by atoms with van der Waals surface area (Å²) in [7, 11) is 1.56. The van der Waals surface area contributed by atoms with E-state index in [-0.39, 0.29) is 40.6 Å². The van der Waals surface area contributed by atoms with Crippen LogP contribution in [0.3, 0.4) is 0 Å². The Hall–Kier alpha value is -4.85. The molecule has 0 atom stereocenters. The highest BCUT2D eigenvalue weighted by Crippen LogP contribution is 2.29. The number of carboxylic acid groups (broad SMARTS) is 1. The van der Waals surface area contributed by atoms with E-state index < -0.39 is 17.6 Å². The number of carboxylic acids is 1. The Kier molecular flexibility index (Phi) is 8.43. The Labute approximate surface area is 244 Å². The molecule has 0 aliphatic rings. The number of ether oxygens (including phenoxy) is 2. The third-order valence-corrected chi connectivity index (χ3v) is 6.94. The van der Waals surface area contributed by atoms with Crippen molar-refractivity contribution in [1.82, 2.24) is 14.5 Å². The predicted molar refractivity (Wildman–Crippen MR) is 151 cm³/mol. The van der Waals surface area contributed by atoms with Crippen molar-refractivity contribution < 1.29 is 28.2 Å². The molecule has 0 aliphatic heterocycles. The normalized spacial score (nSPS) is 11.0. The molecule has 0 bridgehead atoms. The van der Waals surface area contributed by atoms with Gasteiger partial charge < -0.3 is 19.1 Å². The van der Waals surface area contributed by atoms with Crippen molar-refractivity contribution in [2.45, 2.75) is 19.6 Å². The maximum absolute atomic E-state index is 15.4. The minimum Gasteiger partial charge on any atom is -0.478 e. The van der Waals surface area contributed by atoms with Crippen molar-refractivity contribution in [3.63, 3.8) is 0 Å². The number of benzene rings is 3. The molecule has 0 aliphatic carbocycles. The van der Waals surface area contributed by atoms with Crippen molar-refractivity contribution in [2.75, 3.05) is 13.7 Å². The first-order valence-electron chi connectivity index (χ1n) is 12.8. The first-order chi connectivity index (χ1) is 20.3. The summed E-state index contributed by atoms with van der Waals surface area (Å²) in [5.74, 6) is -1.51. The number of nitrogens with zero attached hydrogens (tertiary/aromatic N) is 4. The Bertz CT molecular complexity index is 1850. The smallest absolute Gasteiger partial charge is 0.335 e. The van der Waals surface area contributed by atoms with Gasteiger partial charge in [-0.2, -0.15) is 5.26 Å². The van der Waals surface area contributed by atoms with Gasteiger partial charge in [0.15, 0.2) is 0 Å². The number of nitriles is 1. The number of fused-ring (bicyclic) bond motifs is 1. The standard InChI is InChI=1S/C31H23ClF2N4O4/c1-41-11-10-38-28-14-21(31(39)40)6-8-27(28)36-29(38)15-19-4-5-20(13-25(19)34)26-9-7-23(32)30(37-26)42-17-22-3-2-18(16-35)12-24(22)33/h2-9,12-14H,10-11,15,17H2,1H3,(H,39,40). The van der Waals surface area contributed by atoms with Crippen LogP contribution in [0.15, 0.2) is 66.7 Å². The van der Waals surface area contributed by atoms with Gasteiger partial charge in [0, 0.05) is 31.2 Å². The molecule has 5 aromatic rings. The van der Waals surface area contributed by atoms with Gasteiger partial charge in [-0.05, 0) is 54.1 Å². The van der Waals surface area contributed by atoms with E-state index in [0.29, 0.717) is 46.8 Å². The van der Waals surface area contributed by atoms with Crippen LogP contribution in [0.4, 0.5) is 8.78 Å². The molecule has 0 saturated heterocycles. The second kappa shape index (κ2) is 12.3. The zero-order chi connectivity index (χ0) is 29.8. The lowest BCUT2D eigenvalue weighted by molar-refractivity contribution is 0.0697. The lowest BCUT2D eigenvalue weighted by atomic mass is 10.1. The summed E-state index contributed by atoms with van der Waals surface area (Å²) in [6, 6.07) is 18.5. The van der Waals surface area contributed by atoms with Crippen LogP contribution in [-0.4, -0.2) is 39.3 Å². The van der Waals surface area contributed by atoms with E-state index >= 15 is 4.39 Å². The van der Waals surface area contributed by atoms with Crippen LogP contribution < -0.4 is 4.74 Å². The number of rotatable bonds is 10. The first-order valence-corrected chi connectivity index (χ1v) is 13.1. The quantitative estimate of drug-likeness (QED) is 0.200. The fourth-order valence-corrected chi connectivity index (χ4v) is 4.62. The summed E-state index contributed by atoms with van der Waals surface area (Å²) in [6.45, 7) is 0.607.